The first-order chi connectivity index (χ1) is 8.27. The van der Waals surface area contributed by atoms with Crippen LogP contribution in [-0.2, 0) is 9.53 Å². The van der Waals surface area contributed by atoms with Crippen LogP contribution in [0.3, 0.4) is 0 Å². The number of nitrogens with two attached hydrogens (primary N) is 1. The van der Waals surface area contributed by atoms with E-state index in [-0.39, 0.29) is 11.9 Å². The summed E-state index contributed by atoms with van der Waals surface area (Å²) in [7, 11) is 0. The standard InChI is InChI=1S/C13H18N2O2/c14-12(11-4-2-1-3-5-11)10-13(16)15-6-8-17-9-7-15/h1-5,12H,6-10,14H2. The first-order valence-electron chi connectivity index (χ1n) is 5.93. The van der Waals surface area contributed by atoms with Gasteiger partial charge in [-0.1, -0.05) is 30.3 Å². The van der Waals surface area contributed by atoms with Gasteiger partial charge in [0.05, 0.1) is 13.2 Å². The molecule has 4 heteroatoms. The molecule has 0 aromatic heterocycles. The molecule has 1 atom stereocenters. The molecule has 4 nitrogen and oxygen atoms in total. The molecule has 17 heavy (non-hydrogen) atoms. The van der Waals surface area contributed by atoms with Crippen LogP contribution in [0.5, 0.6) is 0 Å². The fourth-order valence-corrected chi connectivity index (χ4v) is 1.95. The van der Waals surface area contributed by atoms with Gasteiger partial charge in [0.2, 0.25) is 5.91 Å². The Labute approximate surface area is 101 Å². The second-order valence-corrected chi connectivity index (χ2v) is 4.21. The molecule has 2 N–H and O–H groups in total. The van der Waals surface area contributed by atoms with Gasteiger partial charge >= 0.3 is 0 Å². The van der Waals surface area contributed by atoms with Gasteiger partial charge in [0.25, 0.3) is 0 Å². The average molecular weight is 234 g/mol. The Morgan fingerprint density at radius 2 is 1.94 bits per heavy atom. The highest BCUT2D eigenvalue weighted by Gasteiger charge is 2.19. The number of carbonyl (C=O) groups is 1. The SMILES string of the molecule is NC(CC(=O)N1CCOCC1)c1ccccc1. The van der Waals surface area contributed by atoms with Crippen LogP contribution in [0.4, 0.5) is 0 Å². The van der Waals surface area contributed by atoms with Gasteiger partial charge in [0.15, 0.2) is 0 Å². The number of hydrogen-bond acceptors (Lipinski definition) is 3. The van der Waals surface area contributed by atoms with E-state index >= 15 is 0 Å². The summed E-state index contributed by atoms with van der Waals surface area (Å²) in [5, 5.41) is 0. The van der Waals surface area contributed by atoms with E-state index in [0.29, 0.717) is 32.7 Å². The Bertz CT molecular complexity index is 361. The lowest BCUT2D eigenvalue weighted by molar-refractivity contribution is -0.135. The molecule has 92 valence electrons. The number of nitrogens with zero attached hydrogens (tertiary/aromatic N) is 1. The third-order valence-electron chi connectivity index (χ3n) is 2.99. The minimum absolute atomic E-state index is 0.115. The van der Waals surface area contributed by atoms with Crippen molar-refractivity contribution in [1.29, 1.82) is 0 Å². The van der Waals surface area contributed by atoms with Crippen LogP contribution in [0.15, 0.2) is 30.3 Å². The van der Waals surface area contributed by atoms with Crippen molar-refractivity contribution in [2.24, 2.45) is 5.73 Å². The summed E-state index contributed by atoms with van der Waals surface area (Å²) in [6.07, 6.45) is 0.365. The van der Waals surface area contributed by atoms with Crippen LogP contribution < -0.4 is 5.73 Å². The third-order valence-corrected chi connectivity index (χ3v) is 2.99. The lowest BCUT2D eigenvalue weighted by Crippen LogP contribution is -2.41. The molecule has 1 aliphatic rings. The zero-order chi connectivity index (χ0) is 12.1. The molecule has 1 heterocycles. The Balaban J connectivity index is 1.89. The number of amides is 1. The number of rotatable bonds is 3. The van der Waals surface area contributed by atoms with Gasteiger partial charge < -0.3 is 15.4 Å². The minimum Gasteiger partial charge on any atom is -0.378 e. The van der Waals surface area contributed by atoms with Crippen LogP contribution in [0.25, 0.3) is 0 Å². The highest BCUT2D eigenvalue weighted by molar-refractivity contribution is 5.77. The van der Waals surface area contributed by atoms with Gasteiger partial charge in [-0.15, -0.1) is 0 Å². The average Bonchev–Trinajstić information content (AvgIpc) is 2.40. The van der Waals surface area contributed by atoms with E-state index in [1.807, 2.05) is 35.2 Å². The fourth-order valence-electron chi connectivity index (χ4n) is 1.95. The summed E-state index contributed by atoms with van der Waals surface area (Å²) >= 11 is 0. The maximum Gasteiger partial charge on any atom is 0.224 e. The van der Waals surface area contributed by atoms with E-state index in [2.05, 4.69) is 0 Å². The predicted octanol–water partition coefficient (Wildman–Crippen LogP) is 0.935. The summed E-state index contributed by atoms with van der Waals surface area (Å²) in [5.74, 6) is 0.115. The van der Waals surface area contributed by atoms with Crippen LogP contribution in [0.1, 0.15) is 18.0 Å². The second-order valence-electron chi connectivity index (χ2n) is 4.21. The predicted molar refractivity (Wildman–Crippen MR) is 65.4 cm³/mol. The monoisotopic (exact) mass is 234 g/mol. The van der Waals surface area contributed by atoms with Gasteiger partial charge in [-0.25, -0.2) is 0 Å². The molecule has 1 saturated heterocycles. The summed E-state index contributed by atoms with van der Waals surface area (Å²) in [6, 6.07) is 9.52. The van der Waals surface area contributed by atoms with Crippen molar-refractivity contribution in [2.45, 2.75) is 12.5 Å². The molecular weight excluding hydrogens is 216 g/mol. The highest BCUT2D eigenvalue weighted by Crippen LogP contribution is 2.15. The van der Waals surface area contributed by atoms with Gasteiger partial charge in [-0.3, -0.25) is 4.79 Å². The van der Waals surface area contributed by atoms with Gasteiger partial charge in [-0.2, -0.15) is 0 Å². The van der Waals surface area contributed by atoms with E-state index < -0.39 is 0 Å². The summed E-state index contributed by atoms with van der Waals surface area (Å²) < 4.78 is 5.21. The summed E-state index contributed by atoms with van der Waals surface area (Å²) in [6.45, 7) is 2.62. The van der Waals surface area contributed by atoms with E-state index in [0.717, 1.165) is 5.56 Å². The quantitative estimate of drug-likeness (QED) is 0.846. The molecule has 0 saturated carbocycles. The van der Waals surface area contributed by atoms with Crippen molar-refractivity contribution >= 4 is 5.91 Å². The molecule has 1 amide bonds. The summed E-state index contributed by atoms with van der Waals surface area (Å²) in [5.41, 5.74) is 7.03. The first-order valence-corrected chi connectivity index (χ1v) is 5.93. The van der Waals surface area contributed by atoms with Gasteiger partial charge in [-0.05, 0) is 5.56 Å². The molecule has 1 unspecified atom stereocenters. The topological polar surface area (TPSA) is 55.6 Å². The first kappa shape index (κ1) is 12.1. The molecule has 1 fully saturated rings. The molecule has 1 aromatic carbocycles. The number of carbonyl (C=O) groups excluding carboxylic acids is 1. The van der Waals surface area contributed by atoms with E-state index in [9.17, 15) is 4.79 Å². The maximum absolute atomic E-state index is 12.0. The Morgan fingerprint density at radius 3 is 2.59 bits per heavy atom. The number of benzene rings is 1. The van der Waals surface area contributed by atoms with E-state index in [1.165, 1.54) is 0 Å². The van der Waals surface area contributed by atoms with Crippen molar-refractivity contribution in [3.8, 4) is 0 Å². The third kappa shape index (κ3) is 3.28. The summed E-state index contributed by atoms with van der Waals surface area (Å²) in [4.78, 5) is 13.8. The second kappa shape index (κ2) is 5.80. The number of hydrogen-bond donors (Lipinski definition) is 1. The lowest BCUT2D eigenvalue weighted by atomic mass is 10.0. The molecule has 0 bridgehead atoms. The molecule has 1 aromatic rings. The Kier molecular flexibility index (Phi) is 4.12. The number of ether oxygens (including phenoxy) is 1. The zero-order valence-corrected chi connectivity index (χ0v) is 9.84. The van der Waals surface area contributed by atoms with Crippen LogP contribution >= 0.6 is 0 Å². The normalized spacial score (nSPS) is 17.8. The van der Waals surface area contributed by atoms with Crippen LogP contribution in [0, 0.1) is 0 Å². The van der Waals surface area contributed by atoms with Crippen molar-refractivity contribution < 1.29 is 9.53 Å². The molecule has 2 rings (SSSR count). The molecule has 0 aliphatic carbocycles. The Morgan fingerprint density at radius 1 is 1.29 bits per heavy atom. The van der Waals surface area contributed by atoms with E-state index in [1.54, 1.807) is 0 Å². The molecule has 0 radical (unpaired) electrons. The van der Waals surface area contributed by atoms with Gasteiger partial charge in [0, 0.05) is 25.6 Å². The molecule has 0 spiro atoms. The van der Waals surface area contributed by atoms with Crippen molar-refractivity contribution in [3.05, 3.63) is 35.9 Å². The number of morpholine rings is 1. The van der Waals surface area contributed by atoms with Crippen molar-refractivity contribution in [1.82, 2.24) is 4.90 Å². The highest BCUT2D eigenvalue weighted by atomic mass is 16.5. The fraction of sp³-hybridized carbons (Fsp3) is 0.462. The van der Waals surface area contributed by atoms with Crippen molar-refractivity contribution in [3.63, 3.8) is 0 Å². The lowest BCUT2D eigenvalue weighted by Gasteiger charge is -2.27. The smallest absolute Gasteiger partial charge is 0.224 e. The minimum atomic E-state index is -0.216. The molecule has 1 aliphatic heterocycles. The Hall–Kier alpha value is -1.39. The van der Waals surface area contributed by atoms with Crippen LogP contribution in [-0.4, -0.2) is 37.1 Å². The van der Waals surface area contributed by atoms with Crippen LogP contribution in [0.2, 0.25) is 0 Å². The van der Waals surface area contributed by atoms with Gasteiger partial charge in [0.1, 0.15) is 0 Å². The largest absolute Gasteiger partial charge is 0.378 e. The molecular formula is C13H18N2O2. The van der Waals surface area contributed by atoms with E-state index in [4.69, 9.17) is 10.5 Å². The van der Waals surface area contributed by atoms with Crippen molar-refractivity contribution in [2.75, 3.05) is 26.3 Å². The maximum atomic E-state index is 12.0. The zero-order valence-electron chi connectivity index (χ0n) is 9.84.